The van der Waals surface area contributed by atoms with Crippen LogP contribution in [0.4, 0.5) is 13.2 Å². The van der Waals surface area contributed by atoms with E-state index >= 15 is 0 Å². The summed E-state index contributed by atoms with van der Waals surface area (Å²) in [6.45, 7) is 1.55. The lowest BCUT2D eigenvalue weighted by atomic mass is 9.90. The van der Waals surface area contributed by atoms with Crippen LogP contribution < -0.4 is 16.0 Å². The number of carbonyl (C=O) groups excluding carboxylic acids is 3. The first kappa shape index (κ1) is 24.3. The van der Waals surface area contributed by atoms with E-state index in [0.29, 0.717) is 18.4 Å². The number of halogens is 3. The molecular weight excluding hydrogens is 435 g/mol. The number of amides is 3. The van der Waals surface area contributed by atoms with Crippen LogP contribution >= 0.6 is 0 Å². The number of carbonyl (C=O) groups is 3. The molecule has 3 amide bonds. The summed E-state index contributed by atoms with van der Waals surface area (Å²) in [6.07, 6.45) is -1.38. The van der Waals surface area contributed by atoms with Gasteiger partial charge in [0, 0.05) is 23.2 Å². The molecule has 1 fully saturated rings. The maximum absolute atomic E-state index is 12.8. The Bertz CT molecular complexity index is 1010. The first-order chi connectivity index (χ1) is 15.6. The van der Waals surface area contributed by atoms with Crippen LogP contribution in [0.5, 0.6) is 0 Å². The van der Waals surface area contributed by atoms with E-state index in [1.165, 1.54) is 6.07 Å². The first-order valence-corrected chi connectivity index (χ1v) is 10.8. The second-order valence-electron chi connectivity index (χ2n) is 8.17. The molecule has 0 bridgehead atoms. The number of nitrogens with one attached hydrogen (secondary N) is 3. The fourth-order valence-corrected chi connectivity index (χ4v) is 3.79. The molecule has 176 valence electrons. The SMILES string of the molecule is Cc1ccc(C(=O)NC2CCCCC2NC(=O)CNC(=O)c2cccc(C(F)(F)F)c2)cc1. The highest BCUT2D eigenvalue weighted by Crippen LogP contribution is 2.29. The van der Waals surface area contributed by atoms with Crippen molar-refractivity contribution in [2.45, 2.75) is 50.9 Å². The van der Waals surface area contributed by atoms with Crippen LogP contribution in [0.15, 0.2) is 48.5 Å². The number of alkyl halides is 3. The van der Waals surface area contributed by atoms with Crippen LogP contribution in [0.25, 0.3) is 0 Å². The second kappa shape index (κ2) is 10.5. The van der Waals surface area contributed by atoms with E-state index in [0.717, 1.165) is 36.6 Å². The Hall–Kier alpha value is -3.36. The molecule has 1 aliphatic carbocycles. The zero-order valence-corrected chi connectivity index (χ0v) is 18.2. The van der Waals surface area contributed by atoms with E-state index < -0.39 is 23.6 Å². The topological polar surface area (TPSA) is 87.3 Å². The van der Waals surface area contributed by atoms with E-state index in [1.54, 1.807) is 12.1 Å². The number of hydrogen-bond donors (Lipinski definition) is 3. The maximum Gasteiger partial charge on any atom is 0.416 e. The van der Waals surface area contributed by atoms with E-state index in [1.807, 2.05) is 19.1 Å². The largest absolute Gasteiger partial charge is 0.416 e. The van der Waals surface area contributed by atoms with Crippen molar-refractivity contribution in [3.63, 3.8) is 0 Å². The highest BCUT2D eigenvalue weighted by Gasteiger charge is 2.31. The van der Waals surface area contributed by atoms with Crippen molar-refractivity contribution in [2.75, 3.05) is 6.54 Å². The molecule has 1 aliphatic rings. The molecular formula is C24H26F3N3O3. The smallest absolute Gasteiger partial charge is 0.350 e. The van der Waals surface area contributed by atoms with Crippen LogP contribution in [0.2, 0.25) is 0 Å². The number of aryl methyl sites for hydroxylation is 1. The Morgan fingerprint density at radius 1 is 0.879 bits per heavy atom. The van der Waals surface area contributed by atoms with Crippen LogP contribution in [0.3, 0.4) is 0 Å². The molecule has 2 atom stereocenters. The predicted octanol–water partition coefficient (Wildman–Crippen LogP) is 3.60. The third-order valence-electron chi connectivity index (χ3n) is 5.60. The average Bonchev–Trinajstić information content (AvgIpc) is 2.78. The standard InChI is InChI=1S/C24H26F3N3O3/c1-15-9-11-16(12-10-15)23(33)30-20-8-3-2-7-19(20)29-21(31)14-28-22(32)17-5-4-6-18(13-17)24(25,26)27/h4-6,9-13,19-20H,2-3,7-8,14H2,1H3,(H,28,32)(H,29,31)(H,30,33). The average molecular weight is 461 g/mol. The Morgan fingerprint density at radius 2 is 1.52 bits per heavy atom. The van der Waals surface area contributed by atoms with Crippen LogP contribution in [0, 0.1) is 6.92 Å². The predicted molar refractivity (Wildman–Crippen MR) is 117 cm³/mol. The van der Waals surface area contributed by atoms with E-state index in [4.69, 9.17) is 0 Å². The van der Waals surface area contributed by atoms with Gasteiger partial charge in [-0.25, -0.2) is 0 Å². The molecule has 3 N–H and O–H groups in total. The summed E-state index contributed by atoms with van der Waals surface area (Å²) in [5.74, 6) is -1.47. The molecule has 0 aromatic heterocycles. The molecule has 0 saturated heterocycles. The summed E-state index contributed by atoms with van der Waals surface area (Å²) in [7, 11) is 0. The molecule has 3 rings (SSSR count). The Morgan fingerprint density at radius 3 is 2.15 bits per heavy atom. The third-order valence-corrected chi connectivity index (χ3v) is 5.60. The van der Waals surface area contributed by atoms with Crippen molar-refractivity contribution < 1.29 is 27.6 Å². The highest BCUT2D eigenvalue weighted by atomic mass is 19.4. The molecule has 9 heteroatoms. The molecule has 0 spiro atoms. The molecule has 33 heavy (non-hydrogen) atoms. The van der Waals surface area contributed by atoms with Crippen molar-refractivity contribution in [1.82, 2.24) is 16.0 Å². The summed E-state index contributed by atoms with van der Waals surface area (Å²) in [6, 6.07) is 10.6. The molecule has 0 radical (unpaired) electrons. The minimum atomic E-state index is -4.56. The van der Waals surface area contributed by atoms with Gasteiger partial charge in [0.2, 0.25) is 5.91 Å². The lowest BCUT2D eigenvalue weighted by molar-refractivity contribution is -0.137. The summed E-state index contributed by atoms with van der Waals surface area (Å²) in [5.41, 5.74) is 0.457. The molecule has 2 unspecified atom stereocenters. The summed E-state index contributed by atoms with van der Waals surface area (Å²) >= 11 is 0. The Labute approximate surface area is 189 Å². The van der Waals surface area contributed by atoms with Gasteiger partial charge in [0.1, 0.15) is 0 Å². The Balaban J connectivity index is 1.54. The molecule has 1 saturated carbocycles. The minimum absolute atomic E-state index is 0.182. The third kappa shape index (κ3) is 6.81. The summed E-state index contributed by atoms with van der Waals surface area (Å²) in [4.78, 5) is 37.2. The van der Waals surface area contributed by atoms with Crippen molar-refractivity contribution in [1.29, 1.82) is 0 Å². The van der Waals surface area contributed by atoms with Gasteiger partial charge >= 0.3 is 6.18 Å². The normalized spacial score (nSPS) is 18.3. The monoisotopic (exact) mass is 461 g/mol. The van der Waals surface area contributed by atoms with Gasteiger partial charge < -0.3 is 16.0 Å². The number of rotatable bonds is 6. The zero-order valence-electron chi connectivity index (χ0n) is 18.2. The van der Waals surface area contributed by atoms with Gasteiger partial charge in [0.25, 0.3) is 11.8 Å². The summed E-state index contributed by atoms with van der Waals surface area (Å²) < 4.78 is 38.5. The molecule has 2 aromatic carbocycles. The number of hydrogen-bond acceptors (Lipinski definition) is 3. The quantitative estimate of drug-likeness (QED) is 0.614. The molecule has 2 aromatic rings. The lowest BCUT2D eigenvalue weighted by Gasteiger charge is -2.33. The van der Waals surface area contributed by atoms with Crippen molar-refractivity contribution in [3.05, 3.63) is 70.8 Å². The molecule has 6 nitrogen and oxygen atoms in total. The number of benzene rings is 2. The van der Waals surface area contributed by atoms with Gasteiger partial charge in [-0.15, -0.1) is 0 Å². The van der Waals surface area contributed by atoms with Gasteiger partial charge in [0.15, 0.2) is 0 Å². The minimum Gasteiger partial charge on any atom is -0.350 e. The van der Waals surface area contributed by atoms with Gasteiger partial charge in [-0.1, -0.05) is 36.6 Å². The summed E-state index contributed by atoms with van der Waals surface area (Å²) in [5, 5.41) is 8.15. The van der Waals surface area contributed by atoms with E-state index in [-0.39, 0.29) is 30.1 Å². The van der Waals surface area contributed by atoms with Crippen molar-refractivity contribution >= 4 is 17.7 Å². The van der Waals surface area contributed by atoms with Crippen LogP contribution in [0.1, 0.15) is 57.5 Å². The molecule has 0 aliphatic heterocycles. The fourth-order valence-electron chi connectivity index (χ4n) is 3.79. The second-order valence-corrected chi connectivity index (χ2v) is 8.17. The Kier molecular flexibility index (Phi) is 7.73. The van der Waals surface area contributed by atoms with Gasteiger partial charge in [-0.05, 0) is 50.1 Å². The van der Waals surface area contributed by atoms with Gasteiger partial charge in [-0.3, -0.25) is 14.4 Å². The zero-order chi connectivity index (χ0) is 24.0. The van der Waals surface area contributed by atoms with Crippen LogP contribution in [-0.4, -0.2) is 36.3 Å². The van der Waals surface area contributed by atoms with Crippen molar-refractivity contribution in [3.8, 4) is 0 Å². The van der Waals surface area contributed by atoms with Gasteiger partial charge in [0.05, 0.1) is 12.1 Å². The van der Waals surface area contributed by atoms with Gasteiger partial charge in [-0.2, -0.15) is 13.2 Å². The van der Waals surface area contributed by atoms with Crippen LogP contribution in [-0.2, 0) is 11.0 Å². The molecule has 0 heterocycles. The van der Waals surface area contributed by atoms with Crippen molar-refractivity contribution in [2.24, 2.45) is 0 Å². The van der Waals surface area contributed by atoms with E-state index in [9.17, 15) is 27.6 Å². The fraction of sp³-hybridized carbons (Fsp3) is 0.375. The van der Waals surface area contributed by atoms with E-state index in [2.05, 4.69) is 16.0 Å². The first-order valence-electron chi connectivity index (χ1n) is 10.8. The lowest BCUT2D eigenvalue weighted by Crippen LogP contribution is -2.54. The maximum atomic E-state index is 12.8. The highest BCUT2D eigenvalue weighted by molar-refractivity contribution is 5.97.